The summed E-state index contributed by atoms with van der Waals surface area (Å²) in [6, 6.07) is 5.57. The summed E-state index contributed by atoms with van der Waals surface area (Å²) in [5.74, 6) is 0.433. The monoisotopic (exact) mass is 277 g/mol. The summed E-state index contributed by atoms with van der Waals surface area (Å²) in [5.41, 5.74) is 0.887. The van der Waals surface area contributed by atoms with Gasteiger partial charge >= 0.3 is 5.97 Å². The largest absolute Gasteiger partial charge is 0.466 e. The Hall–Kier alpha value is -1.95. The molecule has 0 spiro atoms. The predicted molar refractivity (Wildman–Crippen MR) is 73.1 cm³/mol. The Morgan fingerprint density at radius 3 is 3.05 bits per heavy atom. The molecular formula is C13H15N3O2S. The molecule has 5 nitrogen and oxygen atoms in total. The average molecular weight is 277 g/mol. The Morgan fingerprint density at radius 2 is 2.37 bits per heavy atom. The van der Waals surface area contributed by atoms with Crippen molar-refractivity contribution in [3.8, 4) is 0 Å². The minimum absolute atomic E-state index is 0.222. The van der Waals surface area contributed by atoms with Gasteiger partial charge in [-0.05, 0) is 19.1 Å². The minimum atomic E-state index is -0.222. The van der Waals surface area contributed by atoms with E-state index in [0.717, 1.165) is 10.5 Å². The van der Waals surface area contributed by atoms with Crippen LogP contribution in [0.1, 0.15) is 12.6 Å². The maximum Gasteiger partial charge on any atom is 0.311 e. The van der Waals surface area contributed by atoms with Crippen molar-refractivity contribution >= 4 is 23.1 Å². The molecule has 0 aliphatic heterocycles. The lowest BCUT2D eigenvalue weighted by molar-refractivity contribution is -0.142. The number of hydrogen-bond donors (Lipinski definition) is 0. The van der Waals surface area contributed by atoms with Gasteiger partial charge in [0.05, 0.1) is 13.0 Å². The zero-order valence-electron chi connectivity index (χ0n) is 10.9. The van der Waals surface area contributed by atoms with E-state index in [1.165, 1.54) is 11.3 Å². The van der Waals surface area contributed by atoms with Gasteiger partial charge in [-0.2, -0.15) is 0 Å². The molecule has 0 saturated carbocycles. The molecular weight excluding hydrogens is 262 g/mol. The summed E-state index contributed by atoms with van der Waals surface area (Å²) < 4.78 is 6.82. The Bertz CT molecular complexity index is 616. The van der Waals surface area contributed by atoms with Crippen molar-refractivity contribution < 1.29 is 9.53 Å². The first kappa shape index (κ1) is 13.5. The van der Waals surface area contributed by atoms with Gasteiger partial charge in [-0.3, -0.25) is 4.79 Å². The molecule has 0 saturated heterocycles. The highest BCUT2D eigenvalue weighted by Gasteiger charge is 2.08. The second-order valence-electron chi connectivity index (χ2n) is 3.85. The number of hydrogen-bond acceptors (Lipinski definition) is 5. The van der Waals surface area contributed by atoms with Crippen molar-refractivity contribution in [1.29, 1.82) is 0 Å². The lowest BCUT2D eigenvalue weighted by Crippen LogP contribution is -2.16. The third-order valence-corrected chi connectivity index (χ3v) is 3.47. The molecule has 2 heterocycles. The minimum Gasteiger partial charge on any atom is -0.466 e. The summed E-state index contributed by atoms with van der Waals surface area (Å²) in [6.07, 6.45) is 1.96. The fraction of sp³-hybridized carbons (Fsp3) is 0.308. The highest BCUT2D eigenvalue weighted by atomic mass is 32.1. The maximum absolute atomic E-state index is 11.5. The highest BCUT2D eigenvalue weighted by Crippen LogP contribution is 2.07. The van der Waals surface area contributed by atoms with Gasteiger partial charge < -0.3 is 9.30 Å². The quantitative estimate of drug-likeness (QED) is 0.801. The van der Waals surface area contributed by atoms with Gasteiger partial charge in [0, 0.05) is 24.3 Å². The third kappa shape index (κ3) is 3.51. The first-order chi connectivity index (χ1) is 9.20. The van der Waals surface area contributed by atoms with Gasteiger partial charge in [-0.15, -0.1) is 11.3 Å². The number of thiazole rings is 1. The van der Waals surface area contributed by atoms with Crippen LogP contribution in [0.4, 0.5) is 5.82 Å². The second-order valence-corrected chi connectivity index (χ2v) is 4.69. The van der Waals surface area contributed by atoms with Crippen LogP contribution >= 0.6 is 11.3 Å². The SMILES string of the molecule is CCOC(=O)Cc1cs/c(=N\c2ccccn2)n1C. The van der Waals surface area contributed by atoms with Crippen molar-refractivity contribution in [1.82, 2.24) is 9.55 Å². The van der Waals surface area contributed by atoms with Crippen molar-refractivity contribution in [3.05, 3.63) is 40.3 Å². The average Bonchev–Trinajstić information content (AvgIpc) is 2.73. The number of ether oxygens (including phenoxy) is 1. The van der Waals surface area contributed by atoms with E-state index in [0.29, 0.717) is 12.4 Å². The molecule has 2 aromatic heterocycles. The maximum atomic E-state index is 11.5. The van der Waals surface area contributed by atoms with Crippen molar-refractivity contribution in [2.24, 2.45) is 12.0 Å². The molecule has 2 aromatic rings. The molecule has 0 N–H and O–H groups in total. The molecule has 2 rings (SSSR count). The molecule has 100 valence electrons. The van der Waals surface area contributed by atoms with Crippen molar-refractivity contribution in [2.45, 2.75) is 13.3 Å². The van der Waals surface area contributed by atoms with Crippen LogP contribution in [0.5, 0.6) is 0 Å². The van der Waals surface area contributed by atoms with Gasteiger partial charge in [0.15, 0.2) is 10.6 Å². The molecule has 0 aromatic carbocycles. The molecule has 0 aliphatic rings. The van der Waals surface area contributed by atoms with Crippen LogP contribution in [0.15, 0.2) is 34.8 Å². The summed E-state index contributed by atoms with van der Waals surface area (Å²) >= 11 is 1.48. The Balaban J connectivity index is 2.23. The van der Waals surface area contributed by atoms with Gasteiger partial charge in [0.2, 0.25) is 0 Å². The number of carbonyl (C=O) groups excluding carboxylic acids is 1. The first-order valence-corrected chi connectivity index (χ1v) is 6.83. The molecule has 0 aliphatic carbocycles. The van der Waals surface area contributed by atoms with E-state index in [9.17, 15) is 4.79 Å². The van der Waals surface area contributed by atoms with E-state index >= 15 is 0 Å². The Morgan fingerprint density at radius 1 is 1.53 bits per heavy atom. The topological polar surface area (TPSA) is 56.5 Å². The van der Waals surface area contributed by atoms with E-state index < -0.39 is 0 Å². The predicted octanol–water partition coefficient (Wildman–Crippen LogP) is 1.82. The van der Waals surface area contributed by atoms with Crippen LogP contribution in [-0.4, -0.2) is 22.1 Å². The number of esters is 1. The lowest BCUT2D eigenvalue weighted by atomic mass is 10.3. The Kier molecular flexibility index (Phi) is 4.46. The second kappa shape index (κ2) is 6.29. The third-order valence-electron chi connectivity index (χ3n) is 2.51. The highest BCUT2D eigenvalue weighted by molar-refractivity contribution is 7.07. The fourth-order valence-electron chi connectivity index (χ4n) is 1.54. The van der Waals surface area contributed by atoms with Crippen molar-refractivity contribution in [3.63, 3.8) is 0 Å². The number of pyridine rings is 1. The summed E-state index contributed by atoms with van der Waals surface area (Å²) in [7, 11) is 1.88. The zero-order valence-corrected chi connectivity index (χ0v) is 11.7. The van der Waals surface area contributed by atoms with Crippen LogP contribution in [0, 0.1) is 0 Å². The molecule has 0 atom stereocenters. The van der Waals surface area contributed by atoms with Crippen LogP contribution in [0.2, 0.25) is 0 Å². The van der Waals surface area contributed by atoms with Gasteiger partial charge in [0.25, 0.3) is 0 Å². The summed E-state index contributed by atoms with van der Waals surface area (Å²) in [5, 5.41) is 1.92. The van der Waals surface area contributed by atoms with E-state index in [2.05, 4.69) is 9.98 Å². The summed E-state index contributed by atoms with van der Waals surface area (Å²) in [4.78, 5) is 20.8. The number of aromatic nitrogens is 2. The van der Waals surface area contributed by atoms with E-state index in [4.69, 9.17) is 4.74 Å². The van der Waals surface area contributed by atoms with Gasteiger partial charge in [-0.25, -0.2) is 9.98 Å². The molecule has 0 bridgehead atoms. The van der Waals surface area contributed by atoms with Crippen LogP contribution in [0.3, 0.4) is 0 Å². The normalized spacial score (nSPS) is 11.6. The molecule has 0 unspecified atom stereocenters. The van der Waals surface area contributed by atoms with E-state index in [1.807, 2.05) is 35.2 Å². The molecule has 6 heteroatoms. The van der Waals surface area contributed by atoms with E-state index in [1.54, 1.807) is 13.1 Å². The summed E-state index contributed by atoms with van der Waals surface area (Å²) in [6.45, 7) is 2.20. The number of nitrogens with zero attached hydrogens (tertiary/aromatic N) is 3. The molecule has 0 amide bonds. The lowest BCUT2D eigenvalue weighted by Gasteiger charge is -2.02. The van der Waals surface area contributed by atoms with Gasteiger partial charge in [0.1, 0.15) is 0 Å². The van der Waals surface area contributed by atoms with E-state index in [-0.39, 0.29) is 12.4 Å². The molecule has 19 heavy (non-hydrogen) atoms. The Labute approximate surface area is 115 Å². The standard InChI is InChI=1S/C13H15N3O2S/c1-3-18-12(17)8-10-9-19-13(16(10)2)15-11-6-4-5-7-14-11/h4-7,9H,3,8H2,1-2H3/b15-13-. The van der Waals surface area contributed by atoms with Crippen LogP contribution < -0.4 is 4.80 Å². The first-order valence-electron chi connectivity index (χ1n) is 5.95. The molecule has 0 fully saturated rings. The molecule has 0 radical (unpaired) electrons. The smallest absolute Gasteiger partial charge is 0.311 e. The van der Waals surface area contributed by atoms with Crippen molar-refractivity contribution in [2.75, 3.05) is 6.61 Å². The van der Waals surface area contributed by atoms with Crippen LogP contribution in [-0.2, 0) is 23.0 Å². The van der Waals surface area contributed by atoms with Crippen LogP contribution in [0.25, 0.3) is 0 Å². The number of rotatable bonds is 4. The fourth-order valence-corrected chi connectivity index (χ4v) is 2.45. The van der Waals surface area contributed by atoms with Gasteiger partial charge in [-0.1, -0.05) is 6.07 Å². The zero-order chi connectivity index (χ0) is 13.7. The number of carbonyl (C=O) groups is 1.